The van der Waals surface area contributed by atoms with Crippen LogP contribution in [-0.2, 0) is 14.3 Å². The van der Waals surface area contributed by atoms with E-state index in [2.05, 4.69) is 5.32 Å². The second-order valence-electron chi connectivity index (χ2n) is 5.42. The molecule has 0 spiro atoms. The van der Waals surface area contributed by atoms with Gasteiger partial charge in [-0.25, -0.2) is 9.59 Å². The van der Waals surface area contributed by atoms with E-state index in [0.29, 0.717) is 38.5 Å². The molecular weight excluding hydrogens is 276 g/mol. The van der Waals surface area contributed by atoms with Crippen molar-refractivity contribution in [3.63, 3.8) is 0 Å². The molecule has 2 amide bonds. The zero-order valence-electron chi connectivity index (χ0n) is 12.8. The number of hydrogen-bond donors (Lipinski definition) is 2. The van der Waals surface area contributed by atoms with Crippen molar-refractivity contribution in [1.82, 2.24) is 10.2 Å². The Bertz CT molecular complexity index is 333. The Morgan fingerprint density at radius 3 is 2.67 bits per heavy atom. The quantitative estimate of drug-likeness (QED) is 0.554. The number of hydrogen-bond acceptors (Lipinski definition) is 4. The van der Waals surface area contributed by atoms with E-state index in [1.807, 2.05) is 0 Å². The van der Waals surface area contributed by atoms with Crippen LogP contribution in [0, 0.1) is 5.92 Å². The normalized spacial score (nSPS) is 15.5. The first-order valence-electron chi connectivity index (χ1n) is 7.35. The number of carbonyl (C=O) groups is 2. The molecule has 0 heterocycles. The molecule has 1 aliphatic rings. The Morgan fingerprint density at radius 2 is 2.10 bits per heavy atom. The number of nitrogens with zero attached hydrogens (tertiary/aromatic N) is 1. The molecule has 7 nitrogen and oxygen atoms in total. The fraction of sp³-hybridized carbons (Fsp3) is 0.857. The van der Waals surface area contributed by atoms with Crippen LogP contribution in [0.1, 0.15) is 25.7 Å². The maximum atomic E-state index is 11.9. The number of likely N-dealkylation sites (N-methyl/N-ethyl adjacent to an activating group) is 1. The number of ether oxygens (including phenoxy) is 2. The van der Waals surface area contributed by atoms with Crippen molar-refractivity contribution in [3.05, 3.63) is 0 Å². The summed E-state index contributed by atoms with van der Waals surface area (Å²) < 4.78 is 10.3. The highest BCUT2D eigenvalue weighted by Crippen LogP contribution is 2.28. The number of methoxy groups -OCH3 is 1. The molecule has 2 N–H and O–H groups in total. The topological polar surface area (TPSA) is 88.1 Å². The van der Waals surface area contributed by atoms with Gasteiger partial charge in [0.05, 0.1) is 6.61 Å². The number of carbonyl (C=O) groups excluding carboxylic acids is 1. The van der Waals surface area contributed by atoms with Crippen molar-refractivity contribution in [2.75, 3.05) is 40.5 Å². The Morgan fingerprint density at radius 1 is 1.38 bits per heavy atom. The number of carboxylic acids is 1. The van der Waals surface area contributed by atoms with E-state index < -0.39 is 18.0 Å². The van der Waals surface area contributed by atoms with Crippen LogP contribution in [0.3, 0.4) is 0 Å². The molecule has 1 saturated carbocycles. The molecule has 0 aliphatic heterocycles. The lowest BCUT2D eigenvalue weighted by atomic mass is 10.1. The summed E-state index contributed by atoms with van der Waals surface area (Å²) in [5.41, 5.74) is 0. The molecule has 0 aromatic heterocycles. The van der Waals surface area contributed by atoms with E-state index in [1.54, 1.807) is 14.2 Å². The summed E-state index contributed by atoms with van der Waals surface area (Å²) in [6.07, 6.45) is 3.40. The molecule has 1 atom stereocenters. The SMILES string of the molecule is COCCCC(NC(=O)N(C)CCOCC1CC1)C(=O)O. The average molecular weight is 302 g/mol. The highest BCUT2D eigenvalue weighted by Gasteiger charge is 2.22. The van der Waals surface area contributed by atoms with Crippen LogP contribution in [-0.4, -0.2) is 68.6 Å². The van der Waals surface area contributed by atoms with E-state index >= 15 is 0 Å². The summed E-state index contributed by atoms with van der Waals surface area (Å²) in [5.74, 6) is -0.334. The maximum absolute atomic E-state index is 11.9. The summed E-state index contributed by atoms with van der Waals surface area (Å²) >= 11 is 0. The van der Waals surface area contributed by atoms with Gasteiger partial charge in [-0.3, -0.25) is 0 Å². The van der Waals surface area contributed by atoms with Crippen molar-refractivity contribution in [3.8, 4) is 0 Å². The third kappa shape index (κ3) is 7.87. The van der Waals surface area contributed by atoms with Gasteiger partial charge in [0.1, 0.15) is 6.04 Å². The summed E-state index contributed by atoms with van der Waals surface area (Å²) in [6.45, 7) is 2.15. The number of carboxylic acid groups (broad SMARTS) is 1. The molecule has 0 aromatic rings. The van der Waals surface area contributed by atoms with E-state index in [9.17, 15) is 9.59 Å². The largest absolute Gasteiger partial charge is 0.480 e. The van der Waals surface area contributed by atoms with Crippen LogP contribution >= 0.6 is 0 Å². The van der Waals surface area contributed by atoms with Gasteiger partial charge in [-0.05, 0) is 31.6 Å². The minimum absolute atomic E-state index is 0.348. The van der Waals surface area contributed by atoms with Gasteiger partial charge in [0.25, 0.3) is 0 Å². The number of rotatable bonds is 11. The van der Waals surface area contributed by atoms with E-state index in [0.717, 1.165) is 6.61 Å². The molecule has 0 bridgehead atoms. The summed E-state index contributed by atoms with van der Waals surface area (Å²) in [4.78, 5) is 24.4. The van der Waals surface area contributed by atoms with Gasteiger partial charge in [-0.15, -0.1) is 0 Å². The fourth-order valence-electron chi connectivity index (χ4n) is 1.79. The Hall–Kier alpha value is -1.34. The van der Waals surface area contributed by atoms with Crippen molar-refractivity contribution in [1.29, 1.82) is 0 Å². The molecule has 1 rings (SSSR count). The van der Waals surface area contributed by atoms with Crippen LogP contribution in [0.2, 0.25) is 0 Å². The monoisotopic (exact) mass is 302 g/mol. The molecule has 0 aromatic carbocycles. The lowest BCUT2D eigenvalue weighted by molar-refractivity contribution is -0.139. The minimum Gasteiger partial charge on any atom is -0.480 e. The predicted octanol–water partition coefficient (Wildman–Crippen LogP) is 0.934. The molecule has 1 unspecified atom stereocenters. The van der Waals surface area contributed by atoms with Crippen molar-refractivity contribution in [2.45, 2.75) is 31.7 Å². The third-order valence-corrected chi connectivity index (χ3v) is 3.41. The zero-order chi connectivity index (χ0) is 15.7. The Labute approximate surface area is 125 Å². The van der Waals surface area contributed by atoms with E-state index in [1.165, 1.54) is 17.7 Å². The smallest absolute Gasteiger partial charge is 0.326 e. The van der Waals surface area contributed by atoms with E-state index in [-0.39, 0.29) is 0 Å². The molecule has 7 heteroatoms. The number of nitrogens with one attached hydrogen (secondary N) is 1. The number of urea groups is 1. The van der Waals surface area contributed by atoms with Gasteiger partial charge in [0, 0.05) is 33.9 Å². The van der Waals surface area contributed by atoms with Crippen LogP contribution in [0.4, 0.5) is 4.79 Å². The second kappa shape index (κ2) is 9.57. The number of amides is 2. The fourth-order valence-corrected chi connectivity index (χ4v) is 1.79. The van der Waals surface area contributed by atoms with Gasteiger partial charge in [0.15, 0.2) is 0 Å². The molecule has 1 aliphatic carbocycles. The van der Waals surface area contributed by atoms with Gasteiger partial charge in [0.2, 0.25) is 0 Å². The van der Waals surface area contributed by atoms with Crippen molar-refractivity contribution >= 4 is 12.0 Å². The molecule has 1 fully saturated rings. The third-order valence-electron chi connectivity index (χ3n) is 3.41. The summed E-state index contributed by atoms with van der Waals surface area (Å²) in [5, 5.41) is 11.6. The molecular formula is C14H26N2O5. The van der Waals surface area contributed by atoms with Gasteiger partial charge >= 0.3 is 12.0 Å². The van der Waals surface area contributed by atoms with Crippen LogP contribution in [0.15, 0.2) is 0 Å². The van der Waals surface area contributed by atoms with Crippen molar-refractivity contribution in [2.24, 2.45) is 5.92 Å². The zero-order valence-corrected chi connectivity index (χ0v) is 12.8. The first-order valence-corrected chi connectivity index (χ1v) is 7.35. The molecule has 0 radical (unpaired) electrons. The molecule has 0 saturated heterocycles. The summed E-state index contributed by atoms with van der Waals surface area (Å²) in [7, 11) is 3.19. The van der Waals surface area contributed by atoms with Crippen molar-refractivity contribution < 1.29 is 24.2 Å². The minimum atomic E-state index is -1.03. The Balaban J connectivity index is 2.20. The average Bonchev–Trinajstić information content (AvgIpc) is 3.26. The lowest BCUT2D eigenvalue weighted by Crippen LogP contribution is -2.47. The molecule has 122 valence electrons. The first kappa shape index (κ1) is 17.7. The van der Waals surface area contributed by atoms with Gasteiger partial charge in [-0.1, -0.05) is 0 Å². The maximum Gasteiger partial charge on any atom is 0.326 e. The van der Waals surface area contributed by atoms with Gasteiger partial charge < -0.3 is 24.8 Å². The Kier molecular flexibility index (Phi) is 8.07. The second-order valence-corrected chi connectivity index (χ2v) is 5.42. The van der Waals surface area contributed by atoms with E-state index in [4.69, 9.17) is 14.6 Å². The number of aliphatic carboxylic acids is 1. The van der Waals surface area contributed by atoms with Crippen LogP contribution < -0.4 is 5.32 Å². The molecule has 21 heavy (non-hydrogen) atoms. The highest BCUT2D eigenvalue weighted by atomic mass is 16.5. The highest BCUT2D eigenvalue weighted by molar-refractivity contribution is 5.82. The summed E-state index contributed by atoms with van der Waals surface area (Å²) in [6, 6.07) is -1.28. The van der Waals surface area contributed by atoms with Crippen LogP contribution in [0.5, 0.6) is 0 Å². The standard InChI is InChI=1S/C14H26N2O5/c1-16(7-9-21-10-11-5-6-11)14(19)15-12(13(17)18)4-3-8-20-2/h11-12H,3-10H2,1-2H3,(H,15,19)(H,17,18). The predicted molar refractivity (Wildman–Crippen MR) is 77.2 cm³/mol. The van der Waals surface area contributed by atoms with Crippen LogP contribution in [0.25, 0.3) is 0 Å². The lowest BCUT2D eigenvalue weighted by Gasteiger charge is -2.21. The van der Waals surface area contributed by atoms with Gasteiger partial charge in [-0.2, -0.15) is 0 Å². The first-order chi connectivity index (χ1) is 10.0.